The van der Waals surface area contributed by atoms with E-state index in [4.69, 9.17) is 9.47 Å². The van der Waals surface area contributed by atoms with Crippen molar-refractivity contribution in [3.63, 3.8) is 0 Å². The van der Waals surface area contributed by atoms with Crippen LogP contribution >= 0.6 is 0 Å². The number of rotatable bonds is 5. The van der Waals surface area contributed by atoms with E-state index in [1.165, 1.54) is 7.11 Å². The van der Waals surface area contributed by atoms with Gasteiger partial charge in [0.1, 0.15) is 17.1 Å². The van der Waals surface area contributed by atoms with E-state index in [9.17, 15) is 14.7 Å². The molecule has 0 fully saturated rings. The van der Waals surface area contributed by atoms with Crippen LogP contribution < -0.4 is 26.1 Å². The van der Waals surface area contributed by atoms with Gasteiger partial charge in [-0.1, -0.05) is 24.3 Å². The SMILES string of the molecule is COc1ccc([C@H]2CC(c3c(O)n(-c4ccccc4OC)c(=O)[nH]c3=O)=NN2)cc1. The molecule has 2 heterocycles. The lowest BCUT2D eigenvalue weighted by Gasteiger charge is -2.14. The van der Waals surface area contributed by atoms with E-state index in [1.807, 2.05) is 24.3 Å². The zero-order valence-corrected chi connectivity index (χ0v) is 16.4. The number of nitrogens with one attached hydrogen (secondary N) is 2. The van der Waals surface area contributed by atoms with Crippen LogP contribution in [0, 0.1) is 0 Å². The molecule has 0 saturated heterocycles. The second-order valence-corrected chi connectivity index (χ2v) is 6.68. The maximum Gasteiger partial charge on any atom is 0.335 e. The third-order valence-corrected chi connectivity index (χ3v) is 4.97. The molecule has 3 aromatic rings. The van der Waals surface area contributed by atoms with Crippen LogP contribution in [0.1, 0.15) is 23.6 Å². The maximum atomic E-state index is 12.5. The van der Waals surface area contributed by atoms with E-state index >= 15 is 0 Å². The summed E-state index contributed by atoms with van der Waals surface area (Å²) < 4.78 is 11.5. The van der Waals surface area contributed by atoms with Crippen molar-refractivity contribution in [3.8, 4) is 23.1 Å². The molecule has 9 nitrogen and oxygen atoms in total. The van der Waals surface area contributed by atoms with Crippen LogP contribution in [0.15, 0.2) is 63.2 Å². The molecular formula is C21H20N4O5. The maximum absolute atomic E-state index is 12.5. The number of nitrogens with zero attached hydrogens (tertiary/aromatic N) is 2. The number of H-pyrrole nitrogens is 1. The van der Waals surface area contributed by atoms with Crippen molar-refractivity contribution in [2.24, 2.45) is 5.10 Å². The van der Waals surface area contributed by atoms with Gasteiger partial charge in [-0.25, -0.2) is 9.36 Å². The van der Waals surface area contributed by atoms with Crippen LogP contribution in [-0.4, -0.2) is 34.6 Å². The summed E-state index contributed by atoms with van der Waals surface area (Å²) in [6.07, 6.45) is 0.354. The summed E-state index contributed by atoms with van der Waals surface area (Å²) in [6.45, 7) is 0. The van der Waals surface area contributed by atoms with Gasteiger partial charge in [-0.15, -0.1) is 0 Å². The first-order valence-electron chi connectivity index (χ1n) is 9.21. The molecule has 9 heteroatoms. The summed E-state index contributed by atoms with van der Waals surface area (Å²) in [7, 11) is 3.05. The first-order chi connectivity index (χ1) is 14.5. The normalized spacial score (nSPS) is 15.4. The molecule has 1 aromatic heterocycles. The predicted molar refractivity (Wildman–Crippen MR) is 111 cm³/mol. The van der Waals surface area contributed by atoms with Gasteiger partial charge >= 0.3 is 5.69 Å². The minimum absolute atomic E-state index is 0.0657. The monoisotopic (exact) mass is 408 g/mol. The lowest BCUT2D eigenvalue weighted by Crippen LogP contribution is -2.33. The summed E-state index contributed by atoms with van der Waals surface area (Å²) in [5.41, 5.74) is 3.03. The predicted octanol–water partition coefficient (Wildman–Crippen LogP) is 1.69. The highest BCUT2D eigenvalue weighted by Gasteiger charge is 2.28. The van der Waals surface area contributed by atoms with E-state index in [0.717, 1.165) is 15.9 Å². The van der Waals surface area contributed by atoms with E-state index in [-0.39, 0.29) is 11.6 Å². The van der Waals surface area contributed by atoms with Gasteiger partial charge in [-0.3, -0.25) is 9.78 Å². The molecule has 1 aliphatic heterocycles. The number of hydrogen-bond donors (Lipinski definition) is 3. The van der Waals surface area contributed by atoms with Crippen LogP contribution in [0.5, 0.6) is 17.4 Å². The third-order valence-electron chi connectivity index (χ3n) is 4.97. The van der Waals surface area contributed by atoms with Crippen molar-refractivity contribution in [2.45, 2.75) is 12.5 Å². The molecule has 0 radical (unpaired) electrons. The molecule has 30 heavy (non-hydrogen) atoms. The molecule has 4 rings (SSSR count). The lowest BCUT2D eigenvalue weighted by molar-refractivity contribution is 0.401. The number of benzene rings is 2. The minimum Gasteiger partial charge on any atom is -0.497 e. The first-order valence-corrected chi connectivity index (χ1v) is 9.21. The van der Waals surface area contributed by atoms with Gasteiger partial charge in [-0.05, 0) is 29.8 Å². The number of aromatic hydroxyl groups is 1. The van der Waals surface area contributed by atoms with E-state index in [2.05, 4.69) is 15.5 Å². The van der Waals surface area contributed by atoms with E-state index in [1.54, 1.807) is 31.4 Å². The highest BCUT2D eigenvalue weighted by atomic mass is 16.5. The smallest absolute Gasteiger partial charge is 0.335 e. The first kappa shape index (κ1) is 19.3. The summed E-state index contributed by atoms with van der Waals surface area (Å²) >= 11 is 0. The standard InChI is InChI=1S/C21H20N4O5/c1-29-13-9-7-12(8-10-13)14-11-15(24-23-14)18-19(26)22-21(28)25(20(18)27)16-5-3-4-6-17(16)30-2/h3-10,14,23,27H,11H2,1-2H3,(H,22,26,28)/t14-/m1/s1. The number of hydrogen-bond acceptors (Lipinski definition) is 7. The van der Waals surface area contributed by atoms with Crippen LogP contribution in [0.25, 0.3) is 5.69 Å². The van der Waals surface area contributed by atoms with E-state index in [0.29, 0.717) is 23.6 Å². The van der Waals surface area contributed by atoms with Crippen LogP contribution in [0.3, 0.4) is 0 Å². The molecule has 1 atom stereocenters. The Balaban J connectivity index is 1.73. The summed E-state index contributed by atoms with van der Waals surface area (Å²) in [5, 5.41) is 15.1. The Hall–Kier alpha value is -4.01. The fourth-order valence-corrected chi connectivity index (χ4v) is 3.45. The molecule has 3 N–H and O–H groups in total. The second-order valence-electron chi connectivity index (χ2n) is 6.68. The van der Waals surface area contributed by atoms with Crippen molar-refractivity contribution in [2.75, 3.05) is 14.2 Å². The minimum atomic E-state index is -0.774. The summed E-state index contributed by atoms with van der Waals surface area (Å²) in [4.78, 5) is 27.3. The fourth-order valence-electron chi connectivity index (χ4n) is 3.45. The van der Waals surface area contributed by atoms with Gasteiger partial charge in [-0.2, -0.15) is 5.10 Å². The average molecular weight is 408 g/mol. The Bertz CT molecular complexity index is 1230. The fraction of sp³-hybridized carbons (Fsp3) is 0.190. The molecular weight excluding hydrogens is 388 g/mol. The van der Waals surface area contributed by atoms with Crippen molar-refractivity contribution in [3.05, 3.63) is 80.5 Å². The van der Waals surface area contributed by atoms with E-state index < -0.39 is 17.1 Å². The topological polar surface area (TPSA) is 118 Å². The largest absolute Gasteiger partial charge is 0.497 e. The second kappa shape index (κ2) is 7.78. The molecule has 0 bridgehead atoms. The third kappa shape index (κ3) is 3.30. The van der Waals surface area contributed by atoms with Crippen molar-refractivity contribution in [1.29, 1.82) is 0 Å². The molecule has 0 aliphatic carbocycles. The van der Waals surface area contributed by atoms with Gasteiger partial charge in [0.25, 0.3) is 5.56 Å². The lowest BCUT2D eigenvalue weighted by atomic mass is 10.00. The molecule has 0 spiro atoms. The molecule has 0 amide bonds. The zero-order chi connectivity index (χ0) is 21.3. The Labute approximate surface area is 171 Å². The van der Waals surface area contributed by atoms with Gasteiger partial charge < -0.3 is 20.0 Å². The summed E-state index contributed by atoms with van der Waals surface area (Å²) in [5.74, 6) is 0.607. The summed E-state index contributed by atoms with van der Waals surface area (Å²) in [6, 6.07) is 14.0. The Morgan fingerprint density at radius 1 is 1.07 bits per heavy atom. The van der Waals surface area contributed by atoms with Crippen LogP contribution in [-0.2, 0) is 0 Å². The molecule has 154 valence electrons. The number of methoxy groups -OCH3 is 2. The number of ether oxygens (including phenoxy) is 2. The van der Waals surface area contributed by atoms with Crippen molar-refractivity contribution >= 4 is 5.71 Å². The highest BCUT2D eigenvalue weighted by molar-refractivity contribution is 6.03. The van der Waals surface area contributed by atoms with Crippen molar-refractivity contribution < 1.29 is 14.6 Å². The number of para-hydroxylation sites is 2. The molecule has 0 unspecified atom stereocenters. The highest BCUT2D eigenvalue weighted by Crippen LogP contribution is 2.29. The Morgan fingerprint density at radius 2 is 1.80 bits per heavy atom. The number of hydrazone groups is 1. The van der Waals surface area contributed by atoms with Gasteiger partial charge in [0.15, 0.2) is 0 Å². The Kier molecular flexibility index (Phi) is 5.01. The van der Waals surface area contributed by atoms with Gasteiger partial charge in [0.05, 0.1) is 31.7 Å². The van der Waals surface area contributed by atoms with Crippen molar-refractivity contribution in [1.82, 2.24) is 15.0 Å². The number of aromatic nitrogens is 2. The molecule has 0 saturated carbocycles. The average Bonchev–Trinajstić information content (AvgIpc) is 3.23. The Morgan fingerprint density at radius 3 is 2.50 bits per heavy atom. The van der Waals surface area contributed by atoms with Crippen LogP contribution in [0.2, 0.25) is 0 Å². The quantitative estimate of drug-likeness (QED) is 0.591. The molecule has 2 aromatic carbocycles. The zero-order valence-electron chi connectivity index (χ0n) is 16.4. The van der Waals surface area contributed by atoms with Gasteiger partial charge in [0.2, 0.25) is 5.88 Å². The number of aromatic amines is 1. The van der Waals surface area contributed by atoms with Crippen LogP contribution in [0.4, 0.5) is 0 Å². The molecule has 1 aliphatic rings. The van der Waals surface area contributed by atoms with Gasteiger partial charge in [0, 0.05) is 6.42 Å².